The third kappa shape index (κ3) is 5.91. The second kappa shape index (κ2) is 9.10. The van der Waals surface area contributed by atoms with E-state index >= 15 is 0 Å². The quantitative estimate of drug-likeness (QED) is 0.607. The minimum Gasteiger partial charge on any atom is -0.381 e. The van der Waals surface area contributed by atoms with Gasteiger partial charge in [-0.2, -0.15) is 4.31 Å². The van der Waals surface area contributed by atoms with Crippen LogP contribution in [0.5, 0.6) is 0 Å². The van der Waals surface area contributed by atoms with E-state index in [-0.39, 0.29) is 19.0 Å². The summed E-state index contributed by atoms with van der Waals surface area (Å²) in [6, 6.07) is 8.24. The van der Waals surface area contributed by atoms with Crippen molar-refractivity contribution < 1.29 is 22.7 Å². The fourth-order valence-electron chi connectivity index (χ4n) is 3.66. The van der Waals surface area contributed by atoms with Crippen molar-refractivity contribution in [2.75, 3.05) is 39.1 Å². The summed E-state index contributed by atoms with van der Waals surface area (Å²) < 4.78 is 31.2. The van der Waals surface area contributed by atoms with E-state index in [1.54, 1.807) is 0 Å². The number of nitrogens with one attached hydrogen (secondary N) is 3. The molecular formula is C19H28N4O5S. The zero-order chi connectivity index (χ0) is 20.9. The molecule has 29 heavy (non-hydrogen) atoms. The average Bonchev–Trinajstić information content (AvgIpc) is 2.80. The average molecular weight is 425 g/mol. The molecule has 3 N–H and O–H groups in total. The van der Waals surface area contributed by atoms with E-state index in [1.807, 2.05) is 30.3 Å². The van der Waals surface area contributed by atoms with Crippen molar-refractivity contribution >= 4 is 22.0 Å². The lowest BCUT2D eigenvalue weighted by Crippen LogP contribution is -2.58. The first-order valence-corrected chi connectivity index (χ1v) is 11.6. The van der Waals surface area contributed by atoms with Gasteiger partial charge in [0.05, 0.1) is 11.8 Å². The Morgan fingerprint density at radius 1 is 1.28 bits per heavy atom. The number of hydrogen-bond donors (Lipinski definition) is 3. The third-order valence-corrected chi connectivity index (χ3v) is 6.55. The zero-order valence-electron chi connectivity index (χ0n) is 16.5. The van der Waals surface area contributed by atoms with Gasteiger partial charge in [-0.25, -0.2) is 13.2 Å². The highest BCUT2D eigenvalue weighted by Gasteiger charge is 2.43. The summed E-state index contributed by atoms with van der Waals surface area (Å²) in [5.74, 6) is -0.378. The first kappa shape index (κ1) is 21.5. The Kier molecular flexibility index (Phi) is 6.76. The van der Waals surface area contributed by atoms with Gasteiger partial charge in [-0.15, -0.1) is 0 Å². The van der Waals surface area contributed by atoms with Gasteiger partial charge in [0.1, 0.15) is 6.04 Å². The molecule has 1 spiro atoms. The highest BCUT2D eigenvalue weighted by atomic mass is 32.2. The molecule has 2 fully saturated rings. The molecule has 1 atom stereocenters. The van der Waals surface area contributed by atoms with Gasteiger partial charge in [-0.1, -0.05) is 30.3 Å². The molecule has 0 radical (unpaired) electrons. The van der Waals surface area contributed by atoms with Crippen LogP contribution in [0.25, 0.3) is 0 Å². The monoisotopic (exact) mass is 424 g/mol. The molecule has 0 aromatic heterocycles. The molecule has 1 aromatic rings. The molecule has 0 saturated carbocycles. The van der Waals surface area contributed by atoms with Crippen molar-refractivity contribution in [3.8, 4) is 0 Å². The molecule has 9 nitrogen and oxygen atoms in total. The minimum absolute atomic E-state index is 0.0978. The maximum absolute atomic E-state index is 12.8. The molecular weight excluding hydrogens is 396 g/mol. The summed E-state index contributed by atoms with van der Waals surface area (Å²) in [5.41, 5.74) is 0.420. The second-order valence-corrected chi connectivity index (χ2v) is 9.61. The highest BCUT2D eigenvalue weighted by Crippen LogP contribution is 2.25. The molecule has 2 aliphatic heterocycles. The fourth-order valence-corrected chi connectivity index (χ4v) is 4.56. The fraction of sp³-hybridized carbons (Fsp3) is 0.579. The molecule has 10 heteroatoms. The molecule has 1 aromatic carbocycles. The second-order valence-electron chi connectivity index (χ2n) is 7.63. The van der Waals surface area contributed by atoms with Crippen molar-refractivity contribution in [1.82, 2.24) is 20.3 Å². The van der Waals surface area contributed by atoms with Crippen molar-refractivity contribution in [2.45, 2.75) is 30.8 Å². The SMILES string of the molecule is CS(=O)(=O)N1CC(NC(=O)NCCc2ccccc2)C(=O)NC2(CCOCC2)C1. The van der Waals surface area contributed by atoms with Crippen LogP contribution in [0.15, 0.2) is 30.3 Å². The number of amides is 3. The normalized spacial score (nSPS) is 22.5. The van der Waals surface area contributed by atoms with Crippen LogP contribution in [-0.4, -0.2) is 75.3 Å². The van der Waals surface area contributed by atoms with Crippen LogP contribution in [0.1, 0.15) is 18.4 Å². The number of urea groups is 1. The molecule has 2 saturated heterocycles. The molecule has 2 heterocycles. The summed E-state index contributed by atoms with van der Waals surface area (Å²) in [4.78, 5) is 25.1. The summed E-state index contributed by atoms with van der Waals surface area (Å²) >= 11 is 0. The maximum Gasteiger partial charge on any atom is 0.315 e. The summed E-state index contributed by atoms with van der Waals surface area (Å²) in [5, 5.41) is 8.31. The number of carbonyl (C=O) groups excluding carboxylic acids is 2. The Labute approximate surface area is 171 Å². The number of benzene rings is 1. The standard InChI is InChI=1S/C19H28N4O5S/c1-29(26,27)23-13-16(17(24)22-19(14-23)8-11-28-12-9-19)21-18(25)20-10-7-15-5-3-2-4-6-15/h2-6,16H,7-14H2,1H3,(H,22,24)(H2,20,21,25). The summed E-state index contributed by atoms with van der Waals surface area (Å²) in [6.45, 7) is 1.39. The Morgan fingerprint density at radius 3 is 2.62 bits per heavy atom. The lowest BCUT2D eigenvalue weighted by molar-refractivity contribution is -0.125. The first-order chi connectivity index (χ1) is 13.8. The highest BCUT2D eigenvalue weighted by molar-refractivity contribution is 7.88. The summed E-state index contributed by atoms with van der Waals surface area (Å²) in [7, 11) is -3.54. The van der Waals surface area contributed by atoms with Crippen LogP contribution in [-0.2, 0) is 26.0 Å². The molecule has 3 amide bonds. The lowest BCUT2D eigenvalue weighted by atomic mass is 9.90. The van der Waals surface area contributed by atoms with E-state index in [4.69, 9.17) is 4.74 Å². The van der Waals surface area contributed by atoms with Crippen LogP contribution in [0.4, 0.5) is 4.79 Å². The topological polar surface area (TPSA) is 117 Å². The van der Waals surface area contributed by atoms with Gasteiger partial charge in [0.2, 0.25) is 15.9 Å². The van der Waals surface area contributed by atoms with Crippen LogP contribution in [0.2, 0.25) is 0 Å². The van der Waals surface area contributed by atoms with Crippen LogP contribution < -0.4 is 16.0 Å². The van der Waals surface area contributed by atoms with E-state index < -0.39 is 27.6 Å². The predicted molar refractivity (Wildman–Crippen MR) is 108 cm³/mol. The number of carbonyl (C=O) groups is 2. The van der Waals surface area contributed by atoms with Gasteiger partial charge in [0, 0.05) is 32.8 Å². The predicted octanol–water partition coefficient (Wildman–Crippen LogP) is -0.162. The number of rotatable bonds is 5. The first-order valence-electron chi connectivity index (χ1n) is 9.71. The van der Waals surface area contributed by atoms with Crippen LogP contribution in [0, 0.1) is 0 Å². The van der Waals surface area contributed by atoms with Crippen molar-refractivity contribution in [1.29, 1.82) is 0 Å². The molecule has 0 bridgehead atoms. The number of ether oxygens (including phenoxy) is 1. The molecule has 1 unspecified atom stereocenters. The van der Waals surface area contributed by atoms with E-state index in [0.29, 0.717) is 39.0 Å². The van der Waals surface area contributed by atoms with E-state index in [0.717, 1.165) is 11.8 Å². The van der Waals surface area contributed by atoms with Crippen LogP contribution in [0.3, 0.4) is 0 Å². The Morgan fingerprint density at radius 2 is 1.97 bits per heavy atom. The lowest BCUT2D eigenvalue weighted by Gasteiger charge is -2.38. The van der Waals surface area contributed by atoms with Gasteiger partial charge in [-0.05, 0) is 24.8 Å². The van der Waals surface area contributed by atoms with Gasteiger partial charge in [0.15, 0.2) is 0 Å². The van der Waals surface area contributed by atoms with E-state index in [9.17, 15) is 18.0 Å². The smallest absolute Gasteiger partial charge is 0.315 e. The van der Waals surface area contributed by atoms with Crippen molar-refractivity contribution in [3.05, 3.63) is 35.9 Å². The Balaban J connectivity index is 1.62. The molecule has 3 rings (SSSR count). The molecule has 0 aliphatic carbocycles. The van der Waals surface area contributed by atoms with Crippen molar-refractivity contribution in [2.24, 2.45) is 0 Å². The zero-order valence-corrected chi connectivity index (χ0v) is 17.3. The van der Waals surface area contributed by atoms with Crippen LogP contribution >= 0.6 is 0 Å². The Hall–Kier alpha value is -2.17. The number of sulfonamides is 1. The maximum atomic E-state index is 12.8. The van der Waals surface area contributed by atoms with Gasteiger partial charge < -0.3 is 20.7 Å². The van der Waals surface area contributed by atoms with Gasteiger partial charge in [-0.3, -0.25) is 4.79 Å². The summed E-state index contributed by atoms with van der Waals surface area (Å²) in [6.07, 6.45) is 2.83. The van der Waals surface area contributed by atoms with Gasteiger partial charge >= 0.3 is 6.03 Å². The number of hydrogen-bond acceptors (Lipinski definition) is 5. The van der Waals surface area contributed by atoms with Crippen molar-refractivity contribution in [3.63, 3.8) is 0 Å². The largest absolute Gasteiger partial charge is 0.381 e. The van der Waals surface area contributed by atoms with Gasteiger partial charge in [0.25, 0.3) is 0 Å². The van der Waals surface area contributed by atoms with E-state index in [2.05, 4.69) is 16.0 Å². The van der Waals surface area contributed by atoms with E-state index in [1.165, 1.54) is 4.31 Å². The molecule has 160 valence electrons. The minimum atomic E-state index is -3.54. The number of nitrogens with zero attached hydrogens (tertiary/aromatic N) is 1. The Bertz CT molecular complexity index is 824. The third-order valence-electron chi connectivity index (χ3n) is 5.34. The molecule has 2 aliphatic rings.